The number of hydrogen-bond acceptors (Lipinski definition) is 5. The molecule has 33 heavy (non-hydrogen) atoms. The number of carbonyl (C=O) groups excluding carboxylic acids is 2. The van der Waals surface area contributed by atoms with E-state index >= 15 is 0 Å². The van der Waals surface area contributed by atoms with Crippen molar-refractivity contribution in [2.75, 3.05) is 6.54 Å². The molecular weight excluding hydrogens is 420 g/mol. The summed E-state index contributed by atoms with van der Waals surface area (Å²) < 4.78 is 5.76. The van der Waals surface area contributed by atoms with Gasteiger partial charge in [-0.1, -0.05) is 12.1 Å². The van der Waals surface area contributed by atoms with Crippen molar-refractivity contribution in [3.63, 3.8) is 0 Å². The smallest absolute Gasteiger partial charge is 0.258 e. The monoisotopic (exact) mass is 442 g/mol. The van der Waals surface area contributed by atoms with Gasteiger partial charge in [0.1, 0.15) is 17.3 Å². The number of hydrogen-bond donors (Lipinski definition) is 2. The minimum Gasteiger partial charge on any atom is -0.457 e. The SMILES string of the molecule is CCN(Cc1nc2ccccc2c(=O)[nH]1)C(=O)c1ccc(Oc2ccc(C(N)=O)cc2)cc1. The second kappa shape index (κ2) is 9.35. The molecular formula is C25H22N4O4. The third kappa shape index (κ3) is 4.90. The summed E-state index contributed by atoms with van der Waals surface area (Å²) in [4.78, 5) is 45.3. The number of ether oxygens (including phenoxy) is 1. The molecule has 0 fully saturated rings. The normalized spacial score (nSPS) is 10.7. The molecule has 0 aliphatic rings. The van der Waals surface area contributed by atoms with Gasteiger partial charge in [0.25, 0.3) is 11.5 Å². The summed E-state index contributed by atoms with van der Waals surface area (Å²) in [5.74, 6) is 0.814. The Morgan fingerprint density at radius 3 is 2.15 bits per heavy atom. The van der Waals surface area contributed by atoms with Crippen LogP contribution < -0.4 is 16.0 Å². The van der Waals surface area contributed by atoms with E-state index in [1.165, 1.54) is 0 Å². The van der Waals surface area contributed by atoms with Gasteiger partial charge in [0, 0.05) is 17.7 Å². The predicted octanol–water partition coefficient (Wildman–Crippen LogP) is 3.48. The third-order valence-corrected chi connectivity index (χ3v) is 5.15. The topological polar surface area (TPSA) is 118 Å². The van der Waals surface area contributed by atoms with Crippen LogP contribution >= 0.6 is 0 Å². The van der Waals surface area contributed by atoms with Crippen LogP contribution in [0.3, 0.4) is 0 Å². The van der Waals surface area contributed by atoms with Gasteiger partial charge in [-0.05, 0) is 67.6 Å². The van der Waals surface area contributed by atoms with E-state index in [1.807, 2.05) is 13.0 Å². The highest BCUT2D eigenvalue weighted by atomic mass is 16.5. The van der Waals surface area contributed by atoms with Crippen molar-refractivity contribution in [1.29, 1.82) is 0 Å². The highest BCUT2D eigenvalue weighted by molar-refractivity contribution is 5.94. The van der Waals surface area contributed by atoms with E-state index in [2.05, 4.69) is 9.97 Å². The van der Waals surface area contributed by atoms with Crippen LogP contribution in [-0.2, 0) is 6.54 Å². The van der Waals surface area contributed by atoms with E-state index < -0.39 is 5.91 Å². The van der Waals surface area contributed by atoms with E-state index in [0.717, 1.165) is 0 Å². The van der Waals surface area contributed by atoms with Crippen molar-refractivity contribution in [3.05, 3.63) is 100 Å². The Kier molecular flexibility index (Phi) is 6.17. The molecule has 0 radical (unpaired) electrons. The van der Waals surface area contributed by atoms with Crippen LogP contribution in [0.5, 0.6) is 11.5 Å². The quantitative estimate of drug-likeness (QED) is 0.454. The largest absolute Gasteiger partial charge is 0.457 e. The van der Waals surface area contributed by atoms with Crippen LogP contribution in [0, 0.1) is 0 Å². The van der Waals surface area contributed by atoms with Crippen molar-refractivity contribution in [2.45, 2.75) is 13.5 Å². The van der Waals surface area contributed by atoms with Crippen LogP contribution in [0.4, 0.5) is 0 Å². The summed E-state index contributed by atoms with van der Waals surface area (Å²) in [7, 11) is 0. The van der Waals surface area contributed by atoms with Gasteiger partial charge in [0.15, 0.2) is 0 Å². The minimum absolute atomic E-state index is 0.180. The van der Waals surface area contributed by atoms with Crippen LogP contribution in [0.25, 0.3) is 10.9 Å². The van der Waals surface area contributed by atoms with E-state index in [-0.39, 0.29) is 18.0 Å². The average Bonchev–Trinajstić information content (AvgIpc) is 2.83. The molecule has 1 heterocycles. The number of nitrogens with two attached hydrogens (primary N) is 1. The number of H-pyrrole nitrogens is 1. The van der Waals surface area contributed by atoms with Gasteiger partial charge in [-0.15, -0.1) is 0 Å². The zero-order chi connectivity index (χ0) is 23.4. The third-order valence-electron chi connectivity index (χ3n) is 5.15. The summed E-state index contributed by atoms with van der Waals surface area (Å²) in [6.07, 6.45) is 0. The summed E-state index contributed by atoms with van der Waals surface area (Å²) in [6, 6.07) is 20.3. The molecule has 8 nitrogen and oxygen atoms in total. The highest BCUT2D eigenvalue weighted by Crippen LogP contribution is 2.22. The first-order chi connectivity index (χ1) is 15.9. The summed E-state index contributed by atoms with van der Waals surface area (Å²) in [6.45, 7) is 2.49. The van der Waals surface area contributed by atoms with Crippen LogP contribution in [0.1, 0.15) is 33.5 Å². The van der Waals surface area contributed by atoms with Gasteiger partial charge in [0.05, 0.1) is 17.4 Å². The average molecular weight is 442 g/mol. The Labute approximate surface area is 189 Å². The molecule has 166 valence electrons. The standard InChI is InChI=1S/C25H22N4O4/c1-2-29(15-22-27-21-6-4-3-5-20(21)24(31)28-22)25(32)17-9-13-19(14-10-17)33-18-11-7-16(8-12-18)23(26)30/h3-14H,2,15H2,1H3,(H2,26,30)(H,27,28,31). The van der Waals surface area contributed by atoms with Gasteiger partial charge in [0.2, 0.25) is 5.91 Å². The maximum atomic E-state index is 13.0. The van der Waals surface area contributed by atoms with Crippen molar-refractivity contribution in [1.82, 2.24) is 14.9 Å². The molecule has 3 aromatic carbocycles. The van der Waals surface area contributed by atoms with Gasteiger partial charge < -0.3 is 20.4 Å². The molecule has 0 unspecified atom stereocenters. The lowest BCUT2D eigenvalue weighted by Gasteiger charge is -2.20. The van der Waals surface area contributed by atoms with E-state index in [1.54, 1.807) is 71.6 Å². The Bertz CT molecular complexity index is 1360. The summed E-state index contributed by atoms with van der Waals surface area (Å²) in [5, 5.41) is 0.510. The molecule has 4 rings (SSSR count). The molecule has 2 amide bonds. The van der Waals surface area contributed by atoms with Gasteiger partial charge >= 0.3 is 0 Å². The first kappa shape index (κ1) is 21.8. The molecule has 0 saturated heterocycles. The number of fused-ring (bicyclic) bond motifs is 1. The van der Waals surface area contributed by atoms with Gasteiger partial charge in [-0.25, -0.2) is 4.98 Å². The Balaban J connectivity index is 1.47. The second-order valence-electron chi connectivity index (χ2n) is 7.36. The molecule has 0 atom stereocenters. The number of primary amides is 1. The number of benzene rings is 3. The Morgan fingerprint density at radius 2 is 1.55 bits per heavy atom. The maximum Gasteiger partial charge on any atom is 0.258 e. The number of aromatic amines is 1. The van der Waals surface area contributed by atoms with Crippen molar-refractivity contribution in [2.24, 2.45) is 5.73 Å². The van der Waals surface area contributed by atoms with Crippen molar-refractivity contribution < 1.29 is 14.3 Å². The van der Waals surface area contributed by atoms with Gasteiger partial charge in [-0.3, -0.25) is 14.4 Å². The number of carbonyl (C=O) groups is 2. The molecule has 3 N–H and O–H groups in total. The number of rotatable bonds is 7. The first-order valence-corrected chi connectivity index (χ1v) is 10.4. The van der Waals surface area contributed by atoms with E-state index in [9.17, 15) is 14.4 Å². The first-order valence-electron chi connectivity index (χ1n) is 10.4. The number of para-hydroxylation sites is 1. The summed E-state index contributed by atoms with van der Waals surface area (Å²) in [5.41, 5.74) is 6.47. The lowest BCUT2D eigenvalue weighted by atomic mass is 10.2. The second-order valence-corrected chi connectivity index (χ2v) is 7.36. The maximum absolute atomic E-state index is 13.0. The Hall–Kier alpha value is -4.46. The van der Waals surface area contributed by atoms with Crippen molar-refractivity contribution >= 4 is 22.7 Å². The van der Waals surface area contributed by atoms with Crippen LogP contribution in [0.15, 0.2) is 77.6 Å². The minimum atomic E-state index is -0.507. The number of nitrogens with zero attached hydrogens (tertiary/aromatic N) is 2. The van der Waals surface area contributed by atoms with Crippen molar-refractivity contribution in [3.8, 4) is 11.5 Å². The number of amides is 2. The fourth-order valence-electron chi connectivity index (χ4n) is 3.39. The molecule has 0 saturated carbocycles. The molecule has 4 aromatic rings. The lowest BCUT2D eigenvalue weighted by molar-refractivity contribution is 0.0748. The predicted molar refractivity (Wildman–Crippen MR) is 124 cm³/mol. The molecule has 1 aromatic heterocycles. The Morgan fingerprint density at radius 1 is 0.939 bits per heavy atom. The lowest BCUT2D eigenvalue weighted by Crippen LogP contribution is -2.31. The fourth-order valence-corrected chi connectivity index (χ4v) is 3.39. The molecule has 0 aliphatic carbocycles. The summed E-state index contributed by atoms with van der Waals surface area (Å²) >= 11 is 0. The van der Waals surface area contributed by atoms with Gasteiger partial charge in [-0.2, -0.15) is 0 Å². The zero-order valence-corrected chi connectivity index (χ0v) is 17.9. The highest BCUT2D eigenvalue weighted by Gasteiger charge is 2.16. The molecule has 0 aliphatic heterocycles. The molecule has 8 heteroatoms. The van der Waals surface area contributed by atoms with Crippen LogP contribution in [-0.4, -0.2) is 33.2 Å². The molecule has 0 spiro atoms. The van der Waals surface area contributed by atoms with E-state index in [4.69, 9.17) is 10.5 Å². The van der Waals surface area contributed by atoms with E-state index in [0.29, 0.717) is 45.9 Å². The fraction of sp³-hybridized carbons (Fsp3) is 0.120. The number of nitrogens with one attached hydrogen (secondary N) is 1. The number of aromatic nitrogens is 2. The molecule has 0 bridgehead atoms. The zero-order valence-electron chi connectivity index (χ0n) is 17.9. The van der Waals surface area contributed by atoms with Crippen LogP contribution in [0.2, 0.25) is 0 Å².